The van der Waals surface area contributed by atoms with E-state index >= 15 is 0 Å². The molecule has 1 aromatic heterocycles. The van der Waals surface area contributed by atoms with Gasteiger partial charge in [-0.05, 0) is 42.0 Å². The number of rotatable bonds is 6. The number of carbonyl (C=O) groups excluding carboxylic acids is 2. The minimum Gasteiger partial charge on any atom is -0.324 e. The summed E-state index contributed by atoms with van der Waals surface area (Å²) in [6, 6.07) is 22.3. The second kappa shape index (κ2) is 9.82. The Hall–Kier alpha value is -2.77. The van der Waals surface area contributed by atoms with E-state index in [1.54, 1.807) is 46.8 Å². The summed E-state index contributed by atoms with van der Waals surface area (Å²) in [4.78, 5) is 31.7. The zero-order valence-electron chi connectivity index (χ0n) is 16.2. The predicted octanol–water partition coefficient (Wildman–Crippen LogP) is 4.53. The Morgan fingerprint density at radius 2 is 1.90 bits per heavy atom. The van der Waals surface area contributed by atoms with Crippen molar-refractivity contribution in [2.75, 3.05) is 16.9 Å². The average Bonchev–Trinajstić information content (AvgIpc) is 3.29. The van der Waals surface area contributed by atoms with Gasteiger partial charge < -0.3 is 10.2 Å². The first-order valence-corrected chi connectivity index (χ1v) is 11.7. The Labute approximate surface area is 184 Å². The van der Waals surface area contributed by atoms with E-state index in [1.165, 1.54) is 0 Å². The molecule has 30 heavy (non-hydrogen) atoms. The van der Waals surface area contributed by atoms with E-state index in [2.05, 4.69) is 10.3 Å². The first-order valence-electron chi connectivity index (χ1n) is 9.58. The maximum Gasteiger partial charge on any atom is 0.255 e. The van der Waals surface area contributed by atoms with Gasteiger partial charge in [-0.1, -0.05) is 36.4 Å². The molecule has 0 spiro atoms. The van der Waals surface area contributed by atoms with Gasteiger partial charge in [0.25, 0.3) is 5.91 Å². The van der Waals surface area contributed by atoms with E-state index in [4.69, 9.17) is 0 Å². The van der Waals surface area contributed by atoms with E-state index in [9.17, 15) is 9.59 Å². The SMILES string of the molecule is O=C(Nc1cccc(CSc2ccccn2)c1)[C@@H]1CSCN1C(=O)c1ccccc1. The third-order valence-electron chi connectivity index (χ3n) is 4.69. The van der Waals surface area contributed by atoms with Crippen LogP contribution in [0.5, 0.6) is 0 Å². The number of anilines is 1. The topological polar surface area (TPSA) is 62.3 Å². The number of amides is 2. The van der Waals surface area contributed by atoms with E-state index in [0.29, 0.717) is 17.2 Å². The van der Waals surface area contributed by atoms with Crippen LogP contribution >= 0.6 is 23.5 Å². The van der Waals surface area contributed by atoms with Crippen molar-refractivity contribution in [3.63, 3.8) is 0 Å². The second-order valence-corrected chi connectivity index (χ2v) is 8.80. The molecule has 7 heteroatoms. The van der Waals surface area contributed by atoms with E-state index in [0.717, 1.165) is 22.0 Å². The molecule has 152 valence electrons. The Morgan fingerprint density at radius 1 is 1.07 bits per heavy atom. The Morgan fingerprint density at radius 3 is 2.70 bits per heavy atom. The van der Waals surface area contributed by atoms with Crippen LogP contribution in [-0.2, 0) is 10.5 Å². The minimum absolute atomic E-state index is 0.110. The molecule has 2 aromatic carbocycles. The quantitative estimate of drug-likeness (QED) is 0.577. The predicted molar refractivity (Wildman–Crippen MR) is 123 cm³/mol. The van der Waals surface area contributed by atoms with Crippen molar-refractivity contribution in [3.05, 3.63) is 90.1 Å². The smallest absolute Gasteiger partial charge is 0.255 e. The summed E-state index contributed by atoms with van der Waals surface area (Å²) in [5.74, 6) is 1.62. The second-order valence-electron chi connectivity index (χ2n) is 6.80. The molecule has 2 heterocycles. The lowest BCUT2D eigenvalue weighted by Gasteiger charge is -2.23. The molecule has 0 bridgehead atoms. The number of thioether (sulfide) groups is 2. The molecule has 1 aliphatic rings. The van der Waals surface area contributed by atoms with Gasteiger partial charge in [0.05, 0.1) is 10.9 Å². The molecule has 0 radical (unpaired) electrons. The number of hydrogen-bond donors (Lipinski definition) is 1. The normalized spacial score (nSPS) is 15.7. The Balaban J connectivity index is 1.40. The molecule has 4 rings (SSSR count). The molecule has 0 saturated carbocycles. The fourth-order valence-corrected chi connectivity index (χ4v) is 5.12. The Kier molecular flexibility index (Phi) is 6.71. The summed E-state index contributed by atoms with van der Waals surface area (Å²) in [6.45, 7) is 0. The number of hydrogen-bond acceptors (Lipinski definition) is 5. The first kappa shape index (κ1) is 20.5. The van der Waals surface area contributed by atoms with Crippen molar-refractivity contribution in [3.8, 4) is 0 Å². The lowest BCUT2D eigenvalue weighted by molar-refractivity contribution is -0.119. The van der Waals surface area contributed by atoms with Crippen molar-refractivity contribution < 1.29 is 9.59 Å². The highest BCUT2D eigenvalue weighted by Gasteiger charge is 2.35. The van der Waals surface area contributed by atoms with Crippen LogP contribution in [0.3, 0.4) is 0 Å². The molecule has 1 aliphatic heterocycles. The minimum atomic E-state index is -0.478. The number of aromatic nitrogens is 1. The van der Waals surface area contributed by atoms with Gasteiger partial charge in [-0.3, -0.25) is 9.59 Å². The van der Waals surface area contributed by atoms with Crippen LogP contribution in [0.2, 0.25) is 0 Å². The third-order valence-corrected chi connectivity index (χ3v) is 6.71. The highest BCUT2D eigenvalue weighted by Crippen LogP contribution is 2.25. The number of nitrogens with zero attached hydrogens (tertiary/aromatic N) is 2. The maximum atomic E-state index is 12.9. The van der Waals surface area contributed by atoms with Crippen LogP contribution in [0.4, 0.5) is 5.69 Å². The Bertz CT molecular complexity index is 1020. The van der Waals surface area contributed by atoms with Crippen molar-refractivity contribution in [2.24, 2.45) is 0 Å². The van der Waals surface area contributed by atoms with E-state index < -0.39 is 6.04 Å². The van der Waals surface area contributed by atoms with Crippen molar-refractivity contribution >= 4 is 41.0 Å². The molecule has 0 unspecified atom stereocenters. The lowest BCUT2D eigenvalue weighted by Crippen LogP contribution is -2.44. The lowest BCUT2D eigenvalue weighted by atomic mass is 10.1. The van der Waals surface area contributed by atoms with Crippen LogP contribution in [0, 0.1) is 0 Å². The summed E-state index contributed by atoms with van der Waals surface area (Å²) in [7, 11) is 0. The molecule has 3 aromatic rings. The molecule has 2 amide bonds. The van der Waals surface area contributed by atoms with Gasteiger partial charge in [-0.25, -0.2) is 4.98 Å². The van der Waals surface area contributed by atoms with Crippen LogP contribution < -0.4 is 5.32 Å². The van der Waals surface area contributed by atoms with Crippen LogP contribution in [0.15, 0.2) is 84.0 Å². The van der Waals surface area contributed by atoms with Gasteiger partial charge >= 0.3 is 0 Å². The summed E-state index contributed by atoms with van der Waals surface area (Å²) in [5, 5.41) is 3.95. The van der Waals surface area contributed by atoms with Crippen molar-refractivity contribution in [1.82, 2.24) is 9.88 Å². The molecular formula is C23H21N3O2S2. The zero-order valence-corrected chi connectivity index (χ0v) is 17.9. The maximum absolute atomic E-state index is 12.9. The summed E-state index contributed by atoms with van der Waals surface area (Å²) in [5.41, 5.74) is 2.44. The zero-order chi connectivity index (χ0) is 20.8. The average molecular weight is 436 g/mol. The summed E-state index contributed by atoms with van der Waals surface area (Å²) >= 11 is 3.24. The molecule has 5 nitrogen and oxygen atoms in total. The van der Waals surface area contributed by atoms with E-state index in [-0.39, 0.29) is 11.8 Å². The van der Waals surface area contributed by atoms with Crippen LogP contribution in [0.25, 0.3) is 0 Å². The highest BCUT2D eigenvalue weighted by molar-refractivity contribution is 7.99. The fourth-order valence-electron chi connectivity index (χ4n) is 3.16. The van der Waals surface area contributed by atoms with E-state index in [1.807, 2.05) is 60.7 Å². The molecule has 1 saturated heterocycles. The number of pyridine rings is 1. The fraction of sp³-hybridized carbons (Fsp3) is 0.174. The summed E-state index contributed by atoms with van der Waals surface area (Å²) < 4.78 is 0. The van der Waals surface area contributed by atoms with Crippen LogP contribution in [0.1, 0.15) is 15.9 Å². The molecule has 1 fully saturated rings. The van der Waals surface area contributed by atoms with Crippen molar-refractivity contribution in [2.45, 2.75) is 16.8 Å². The third kappa shape index (κ3) is 5.04. The molecule has 1 atom stereocenters. The molecular weight excluding hydrogens is 414 g/mol. The van der Waals surface area contributed by atoms with Gasteiger partial charge in [0.1, 0.15) is 6.04 Å². The number of benzene rings is 2. The van der Waals surface area contributed by atoms with Crippen LogP contribution in [-0.4, -0.2) is 39.4 Å². The summed E-state index contributed by atoms with van der Waals surface area (Å²) in [6.07, 6.45) is 1.78. The van der Waals surface area contributed by atoms with Gasteiger partial charge in [0, 0.05) is 29.0 Å². The molecule has 0 aliphatic carbocycles. The molecule has 1 N–H and O–H groups in total. The van der Waals surface area contributed by atoms with Gasteiger partial charge in [0.15, 0.2) is 0 Å². The van der Waals surface area contributed by atoms with Crippen molar-refractivity contribution in [1.29, 1.82) is 0 Å². The van der Waals surface area contributed by atoms with Gasteiger partial charge in [0.2, 0.25) is 5.91 Å². The number of nitrogens with one attached hydrogen (secondary N) is 1. The highest BCUT2D eigenvalue weighted by atomic mass is 32.2. The largest absolute Gasteiger partial charge is 0.324 e. The first-order chi connectivity index (χ1) is 14.7. The van der Waals surface area contributed by atoms with Gasteiger partial charge in [-0.15, -0.1) is 23.5 Å². The standard InChI is InChI=1S/C23H21N3O2S2/c27-22(20-15-29-16-26(20)23(28)18-8-2-1-3-9-18)25-19-10-6-7-17(13-19)14-30-21-11-4-5-12-24-21/h1-13,20H,14-16H2,(H,25,27)/t20-/m0/s1. The van der Waals surface area contributed by atoms with Gasteiger partial charge in [-0.2, -0.15) is 0 Å². The number of carbonyl (C=O) groups is 2. The monoisotopic (exact) mass is 435 g/mol.